The molecule has 0 atom stereocenters. The second-order valence-corrected chi connectivity index (χ2v) is 8.82. The number of aryl methyl sites for hydroxylation is 1. The van der Waals surface area contributed by atoms with Gasteiger partial charge in [-0.1, -0.05) is 18.2 Å². The Bertz CT molecular complexity index is 998. The zero-order valence-corrected chi connectivity index (χ0v) is 18.8. The van der Waals surface area contributed by atoms with E-state index in [0.717, 1.165) is 88.3 Å². The maximum Gasteiger partial charge on any atom is 0.227 e. The van der Waals surface area contributed by atoms with Crippen LogP contribution in [0.1, 0.15) is 36.3 Å². The molecule has 7 nitrogen and oxygen atoms in total. The van der Waals surface area contributed by atoms with E-state index >= 15 is 0 Å². The topological polar surface area (TPSA) is 61.8 Å². The van der Waals surface area contributed by atoms with Crippen molar-refractivity contribution in [3.05, 3.63) is 53.5 Å². The highest BCUT2D eigenvalue weighted by molar-refractivity contribution is 5.95. The van der Waals surface area contributed by atoms with E-state index in [1.165, 1.54) is 11.1 Å². The highest BCUT2D eigenvalue weighted by Crippen LogP contribution is 2.25. The molecule has 0 N–H and O–H groups in total. The number of carbonyl (C=O) groups excluding carboxylic acids is 1. The van der Waals surface area contributed by atoms with Crippen molar-refractivity contribution < 1.29 is 9.53 Å². The molecule has 0 radical (unpaired) electrons. The van der Waals surface area contributed by atoms with Gasteiger partial charge in [0.25, 0.3) is 0 Å². The lowest BCUT2D eigenvalue weighted by Gasteiger charge is -2.29. The van der Waals surface area contributed by atoms with Gasteiger partial charge in [0.05, 0.1) is 13.2 Å². The molecule has 4 heterocycles. The summed E-state index contributed by atoms with van der Waals surface area (Å²) >= 11 is 0. The molecule has 1 aromatic heterocycles. The number of aromatic nitrogens is 2. The third-order valence-corrected chi connectivity index (χ3v) is 6.48. The summed E-state index contributed by atoms with van der Waals surface area (Å²) in [4.78, 5) is 28.2. The lowest BCUT2D eigenvalue weighted by Crippen LogP contribution is -2.37. The zero-order valence-electron chi connectivity index (χ0n) is 18.8. The van der Waals surface area contributed by atoms with E-state index in [4.69, 9.17) is 14.7 Å². The number of anilines is 2. The predicted octanol–water partition coefficient (Wildman–Crippen LogP) is 3.04. The molecule has 7 heteroatoms. The molecule has 1 aromatic carbocycles. The van der Waals surface area contributed by atoms with Crippen molar-refractivity contribution in [1.29, 1.82) is 0 Å². The van der Waals surface area contributed by atoms with Crippen LogP contribution in [-0.4, -0.2) is 66.7 Å². The van der Waals surface area contributed by atoms with Crippen LogP contribution >= 0.6 is 0 Å². The quantitative estimate of drug-likeness (QED) is 0.722. The predicted molar refractivity (Wildman–Crippen MR) is 126 cm³/mol. The number of amides is 1. The Morgan fingerprint density at radius 1 is 1.00 bits per heavy atom. The summed E-state index contributed by atoms with van der Waals surface area (Å²) in [5.41, 5.74) is 4.54. The van der Waals surface area contributed by atoms with Crippen LogP contribution in [0.2, 0.25) is 0 Å². The molecule has 0 bridgehead atoms. The summed E-state index contributed by atoms with van der Waals surface area (Å²) in [7, 11) is 0. The standard InChI is InChI=1S/C25H31N5O2/c1-19-17-23(29-13-15-32-16-14-29)27-25(26-19)21-8-11-28(12-9-21)18-20-4-6-22(7-5-20)30-10-2-3-24(30)31/h4-8,17H,2-3,9-16,18H2,1H3. The van der Waals surface area contributed by atoms with Crippen molar-refractivity contribution in [2.45, 2.75) is 32.7 Å². The molecule has 0 unspecified atom stereocenters. The SMILES string of the molecule is Cc1cc(N2CCOCC2)nc(C2=CCN(Cc3ccc(N4CCCC4=O)cc3)CC2)n1. The van der Waals surface area contributed by atoms with Gasteiger partial charge in [-0.25, -0.2) is 9.97 Å². The number of nitrogens with zero attached hydrogens (tertiary/aromatic N) is 5. The van der Waals surface area contributed by atoms with Crippen LogP contribution in [0.3, 0.4) is 0 Å². The number of morpholine rings is 1. The van der Waals surface area contributed by atoms with Crippen LogP contribution in [0.4, 0.5) is 11.5 Å². The second kappa shape index (κ2) is 9.38. The Kier molecular flexibility index (Phi) is 6.19. The van der Waals surface area contributed by atoms with Gasteiger partial charge in [-0.2, -0.15) is 0 Å². The molecular weight excluding hydrogens is 402 g/mol. The van der Waals surface area contributed by atoms with Gasteiger partial charge < -0.3 is 14.5 Å². The Balaban J connectivity index is 1.22. The normalized spacial score (nSPS) is 20.0. The first kappa shape index (κ1) is 21.1. The van der Waals surface area contributed by atoms with E-state index in [9.17, 15) is 4.79 Å². The lowest BCUT2D eigenvalue weighted by atomic mass is 10.1. The van der Waals surface area contributed by atoms with Gasteiger partial charge in [0.2, 0.25) is 5.91 Å². The average Bonchev–Trinajstić information content (AvgIpc) is 3.26. The van der Waals surface area contributed by atoms with Crippen LogP contribution in [0.5, 0.6) is 0 Å². The summed E-state index contributed by atoms with van der Waals surface area (Å²) in [6.07, 6.45) is 4.86. The second-order valence-electron chi connectivity index (χ2n) is 8.82. The smallest absolute Gasteiger partial charge is 0.227 e. The van der Waals surface area contributed by atoms with Gasteiger partial charge in [0.15, 0.2) is 5.82 Å². The molecule has 3 aliphatic heterocycles. The minimum Gasteiger partial charge on any atom is -0.378 e. The number of hydrogen-bond acceptors (Lipinski definition) is 6. The molecule has 5 rings (SSSR count). The van der Waals surface area contributed by atoms with Crippen molar-refractivity contribution in [3.63, 3.8) is 0 Å². The van der Waals surface area contributed by atoms with Crippen molar-refractivity contribution in [2.75, 3.05) is 55.7 Å². The largest absolute Gasteiger partial charge is 0.378 e. The molecule has 3 aliphatic rings. The number of benzene rings is 1. The highest BCUT2D eigenvalue weighted by Gasteiger charge is 2.22. The Morgan fingerprint density at radius 2 is 1.81 bits per heavy atom. The number of carbonyl (C=O) groups is 1. The van der Waals surface area contributed by atoms with Crippen molar-refractivity contribution in [3.8, 4) is 0 Å². The maximum atomic E-state index is 11.9. The van der Waals surface area contributed by atoms with Crippen molar-refractivity contribution in [2.24, 2.45) is 0 Å². The molecule has 32 heavy (non-hydrogen) atoms. The van der Waals surface area contributed by atoms with Crippen LogP contribution in [0, 0.1) is 6.92 Å². The third kappa shape index (κ3) is 4.69. The molecule has 168 valence electrons. The fourth-order valence-electron chi connectivity index (χ4n) is 4.67. The number of ether oxygens (including phenoxy) is 1. The van der Waals surface area contributed by atoms with Crippen molar-refractivity contribution in [1.82, 2.24) is 14.9 Å². The zero-order chi connectivity index (χ0) is 21.9. The summed E-state index contributed by atoms with van der Waals surface area (Å²) in [5, 5.41) is 0. The van der Waals surface area contributed by atoms with Gasteiger partial charge in [-0.3, -0.25) is 9.69 Å². The Morgan fingerprint density at radius 3 is 2.50 bits per heavy atom. The first-order valence-electron chi connectivity index (χ1n) is 11.7. The molecule has 2 saturated heterocycles. The van der Waals surface area contributed by atoms with E-state index in [1.807, 2.05) is 11.8 Å². The van der Waals surface area contributed by atoms with Crippen LogP contribution in [0.15, 0.2) is 36.4 Å². The lowest BCUT2D eigenvalue weighted by molar-refractivity contribution is -0.117. The molecule has 2 fully saturated rings. The summed E-state index contributed by atoms with van der Waals surface area (Å²) in [6.45, 7) is 8.95. The van der Waals surface area contributed by atoms with Gasteiger partial charge in [0.1, 0.15) is 5.82 Å². The van der Waals surface area contributed by atoms with Gasteiger partial charge in [-0.15, -0.1) is 0 Å². The van der Waals surface area contributed by atoms with Gasteiger partial charge in [-0.05, 0) is 43.0 Å². The van der Waals surface area contributed by atoms with Crippen LogP contribution in [0.25, 0.3) is 5.57 Å². The number of hydrogen-bond donors (Lipinski definition) is 0. The Hall–Kier alpha value is -2.77. The fourth-order valence-corrected chi connectivity index (χ4v) is 4.67. The molecular formula is C25H31N5O2. The highest BCUT2D eigenvalue weighted by atomic mass is 16.5. The van der Waals surface area contributed by atoms with Gasteiger partial charge in [0, 0.05) is 63.1 Å². The van der Waals surface area contributed by atoms with Crippen LogP contribution in [-0.2, 0) is 16.1 Å². The van der Waals surface area contributed by atoms with E-state index in [2.05, 4.69) is 46.2 Å². The van der Waals surface area contributed by atoms with Crippen molar-refractivity contribution >= 4 is 23.0 Å². The summed E-state index contributed by atoms with van der Waals surface area (Å²) in [5.74, 6) is 2.11. The van der Waals surface area contributed by atoms with E-state index in [1.54, 1.807) is 0 Å². The molecule has 0 saturated carbocycles. The first-order valence-corrected chi connectivity index (χ1v) is 11.7. The molecule has 1 amide bonds. The van der Waals surface area contributed by atoms with E-state index in [0.29, 0.717) is 6.42 Å². The fraction of sp³-hybridized carbons (Fsp3) is 0.480. The van der Waals surface area contributed by atoms with E-state index in [-0.39, 0.29) is 5.91 Å². The molecule has 0 spiro atoms. The number of rotatable bonds is 5. The maximum absolute atomic E-state index is 11.9. The molecule has 2 aromatic rings. The van der Waals surface area contributed by atoms with Crippen LogP contribution < -0.4 is 9.80 Å². The first-order chi connectivity index (χ1) is 15.7. The van der Waals surface area contributed by atoms with E-state index < -0.39 is 0 Å². The van der Waals surface area contributed by atoms with Gasteiger partial charge >= 0.3 is 0 Å². The molecule has 0 aliphatic carbocycles. The monoisotopic (exact) mass is 433 g/mol. The summed E-state index contributed by atoms with van der Waals surface area (Å²) < 4.78 is 5.48. The average molecular weight is 434 g/mol. The Labute approximate surface area is 189 Å². The minimum atomic E-state index is 0.238. The minimum absolute atomic E-state index is 0.238. The third-order valence-electron chi connectivity index (χ3n) is 6.48. The summed E-state index contributed by atoms with van der Waals surface area (Å²) in [6, 6.07) is 10.5.